The summed E-state index contributed by atoms with van der Waals surface area (Å²) >= 11 is 0. The molecular weight excluding hydrogens is 173 g/mol. The lowest BCUT2D eigenvalue weighted by atomic mass is 10.2. The topological polar surface area (TPSA) is 38.3 Å². The molecule has 4 heteroatoms. The number of amides is 1. The van der Waals surface area contributed by atoms with E-state index in [-0.39, 0.29) is 5.82 Å². The van der Waals surface area contributed by atoms with Gasteiger partial charge in [0.1, 0.15) is 11.6 Å². The number of nitrogens with one attached hydrogen (secondary N) is 1. The highest BCUT2D eigenvalue weighted by Crippen LogP contribution is 2.15. The molecule has 13 heavy (non-hydrogen) atoms. The Hall–Kier alpha value is -1.58. The third-order valence-electron chi connectivity index (χ3n) is 1.54. The van der Waals surface area contributed by atoms with Crippen LogP contribution in [0, 0.1) is 12.7 Å². The van der Waals surface area contributed by atoms with Gasteiger partial charge in [0.05, 0.1) is 0 Å². The molecule has 70 valence electrons. The number of hydrogen-bond donors (Lipinski definition) is 1. The molecule has 0 heterocycles. The monoisotopic (exact) mass is 183 g/mol. The van der Waals surface area contributed by atoms with Crippen molar-refractivity contribution in [3.63, 3.8) is 0 Å². The maximum atomic E-state index is 12.8. The minimum atomic E-state index is -0.564. The van der Waals surface area contributed by atoms with Crippen molar-refractivity contribution >= 4 is 6.09 Å². The van der Waals surface area contributed by atoms with E-state index in [1.807, 2.05) is 0 Å². The second kappa shape index (κ2) is 3.89. The van der Waals surface area contributed by atoms with Gasteiger partial charge in [0.25, 0.3) is 0 Å². The standard InChI is InChI=1S/C9H10FNO2/c1-6-5-7(3-4-8(6)10)13-9(12)11-2/h3-5H,1-2H3,(H,11,12). The Balaban J connectivity index is 2.79. The van der Waals surface area contributed by atoms with Gasteiger partial charge in [-0.25, -0.2) is 9.18 Å². The first kappa shape index (κ1) is 9.51. The van der Waals surface area contributed by atoms with Crippen LogP contribution in [0.5, 0.6) is 5.75 Å². The number of carbonyl (C=O) groups excluding carboxylic acids is 1. The summed E-state index contributed by atoms with van der Waals surface area (Å²) in [6, 6.07) is 4.12. The number of carbonyl (C=O) groups is 1. The molecule has 0 bridgehead atoms. The fraction of sp³-hybridized carbons (Fsp3) is 0.222. The molecule has 0 atom stereocenters. The summed E-state index contributed by atoms with van der Waals surface area (Å²) in [6.45, 7) is 1.60. The van der Waals surface area contributed by atoms with Gasteiger partial charge in [0.2, 0.25) is 0 Å². The number of aryl methyl sites for hydroxylation is 1. The molecular formula is C9H10FNO2. The number of benzene rings is 1. The van der Waals surface area contributed by atoms with Crippen LogP contribution in [0.15, 0.2) is 18.2 Å². The first-order valence-electron chi connectivity index (χ1n) is 3.79. The normalized spacial score (nSPS) is 9.46. The fourth-order valence-electron chi connectivity index (χ4n) is 0.839. The molecule has 0 saturated carbocycles. The largest absolute Gasteiger partial charge is 0.412 e. The van der Waals surface area contributed by atoms with E-state index < -0.39 is 6.09 Å². The van der Waals surface area contributed by atoms with Crippen LogP contribution in [0.4, 0.5) is 9.18 Å². The van der Waals surface area contributed by atoms with Crippen molar-refractivity contribution in [3.05, 3.63) is 29.6 Å². The average molecular weight is 183 g/mol. The van der Waals surface area contributed by atoms with Crippen molar-refractivity contribution in [2.24, 2.45) is 0 Å². The Morgan fingerprint density at radius 2 is 2.23 bits per heavy atom. The zero-order chi connectivity index (χ0) is 9.84. The number of hydrogen-bond acceptors (Lipinski definition) is 2. The summed E-state index contributed by atoms with van der Waals surface area (Å²) in [5, 5.41) is 2.29. The van der Waals surface area contributed by atoms with Crippen LogP contribution < -0.4 is 10.1 Å². The summed E-state index contributed by atoms with van der Waals surface area (Å²) in [5.74, 6) is 0.0162. The fourth-order valence-corrected chi connectivity index (χ4v) is 0.839. The maximum absolute atomic E-state index is 12.8. The van der Waals surface area contributed by atoms with Gasteiger partial charge in [-0.3, -0.25) is 0 Å². The van der Waals surface area contributed by atoms with Crippen LogP contribution in [0.3, 0.4) is 0 Å². The summed E-state index contributed by atoms with van der Waals surface area (Å²) in [4.78, 5) is 10.8. The van der Waals surface area contributed by atoms with Gasteiger partial charge in [-0.15, -0.1) is 0 Å². The highest BCUT2D eigenvalue weighted by Gasteiger charge is 2.03. The molecule has 0 radical (unpaired) electrons. The minimum absolute atomic E-state index is 0.316. The third kappa shape index (κ3) is 2.43. The zero-order valence-electron chi connectivity index (χ0n) is 7.43. The van der Waals surface area contributed by atoms with Gasteiger partial charge in [-0.05, 0) is 30.7 Å². The van der Waals surface area contributed by atoms with Gasteiger partial charge in [-0.1, -0.05) is 0 Å². The first-order chi connectivity index (χ1) is 6.13. The number of halogens is 1. The molecule has 1 aromatic rings. The van der Waals surface area contributed by atoms with Crippen LogP contribution in [0.1, 0.15) is 5.56 Å². The maximum Gasteiger partial charge on any atom is 0.412 e. The molecule has 0 aliphatic heterocycles. The predicted molar refractivity (Wildman–Crippen MR) is 46.2 cm³/mol. The smallest absolute Gasteiger partial charge is 0.410 e. The Morgan fingerprint density at radius 3 is 2.77 bits per heavy atom. The van der Waals surface area contributed by atoms with Gasteiger partial charge in [0, 0.05) is 7.05 Å². The molecule has 0 aliphatic rings. The van der Waals surface area contributed by atoms with E-state index in [0.717, 1.165) is 0 Å². The van der Waals surface area contributed by atoms with Crippen LogP contribution in [0.2, 0.25) is 0 Å². The number of ether oxygens (including phenoxy) is 1. The quantitative estimate of drug-likeness (QED) is 0.721. The molecule has 0 fully saturated rings. The molecule has 0 spiro atoms. The van der Waals surface area contributed by atoms with Crippen LogP contribution >= 0.6 is 0 Å². The van der Waals surface area contributed by atoms with Crippen molar-refractivity contribution in [3.8, 4) is 5.75 Å². The minimum Gasteiger partial charge on any atom is -0.410 e. The van der Waals surface area contributed by atoms with E-state index in [1.54, 1.807) is 6.92 Å². The lowest BCUT2D eigenvalue weighted by molar-refractivity contribution is 0.203. The van der Waals surface area contributed by atoms with Crippen molar-refractivity contribution in [1.29, 1.82) is 0 Å². The Labute approximate surface area is 75.5 Å². The molecule has 0 aliphatic carbocycles. The van der Waals surface area contributed by atoms with E-state index in [1.165, 1.54) is 25.2 Å². The SMILES string of the molecule is CNC(=O)Oc1ccc(F)c(C)c1. The third-order valence-corrected chi connectivity index (χ3v) is 1.54. The molecule has 1 rings (SSSR count). The van der Waals surface area contributed by atoms with Gasteiger partial charge in [0.15, 0.2) is 0 Å². The molecule has 1 aromatic carbocycles. The lowest BCUT2D eigenvalue weighted by Crippen LogP contribution is -2.22. The van der Waals surface area contributed by atoms with Crippen molar-refractivity contribution < 1.29 is 13.9 Å². The highest BCUT2D eigenvalue weighted by molar-refractivity contribution is 5.69. The molecule has 0 unspecified atom stereocenters. The Bertz CT molecular complexity index is 325. The number of rotatable bonds is 1. The van der Waals surface area contributed by atoms with E-state index in [0.29, 0.717) is 11.3 Å². The second-order valence-corrected chi connectivity index (χ2v) is 2.55. The van der Waals surface area contributed by atoms with Crippen molar-refractivity contribution in [1.82, 2.24) is 5.32 Å². The van der Waals surface area contributed by atoms with Crippen LogP contribution in [-0.2, 0) is 0 Å². The molecule has 1 amide bonds. The average Bonchev–Trinajstić information content (AvgIpc) is 2.11. The molecule has 3 nitrogen and oxygen atoms in total. The van der Waals surface area contributed by atoms with Crippen LogP contribution in [0.25, 0.3) is 0 Å². The van der Waals surface area contributed by atoms with Crippen molar-refractivity contribution in [2.45, 2.75) is 6.92 Å². The summed E-state index contributed by atoms with van der Waals surface area (Å²) in [7, 11) is 1.46. The predicted octanol–water partition coefficient (Wildman–Crippen LogP) is 1.85. The molecule has 1 N–H and O–H groups in total. The first-order valence-corrected chi connectivity index (χ1v) is 3.79. The van der Waals surface area contributed by atoms with E-state index in [9.17, 15) is 9.18 Å². The van der Waals surface area contributed by atoms with E-state index >= 15 is 0 Å². The summed E-state index contributed by atoms with van der Waals surface area (Å²) in [6.07, 6.45) is -0.564. The molecule has 0 aromatic heterocycles. The van der Waals surface area contributed by atoms with Gasteiger partial charge >= 0.3 is 6.09 Å². The van der Waals surface area contributed by atoms with Gasteiger partial charge in [-0.2, -0.15) is 0 Å². The highest BCUT2D eigenvalue weighted by atomic mass is 19.1. The Morgan fingerprint density at radius 1 is 1.54 bits per heavy atom. The van der Waals surface area contributed by atoms with Crippen molar-refractivity contribution in [2.75, 3.05) is 7.05 Å². The van der Waals surface area contributed by atoms with E-state index in [2.05, 4.69) is 5.32 Å². The second-order valence-electron chi connectivity index (χ2n) is 2.55. The lowest BCUT2D eigenvalue weighted by Gasteiger charge is -2.03. The summed E-state index contributed by atoms with van der Waals surface area (Å²) < 4.78 is 17.5. The van der Waals surface area contributed by atoms with E-state index in [4.69, 9.17) is 4.74 Å². The molecule has 0 saturated heterocycles. The zero-order valence-corrected chi connectivity index (χ0v) is 7.43. The Kier molecular flexibility index (Phi) is 2.84. The van der Waals surface area contributed by atoms with Crippen LogP contribution in [-0.4, -0.2) is 13.1 Å². The summed E-state index contributed by atoms with van der Waals surface area (Å²) in [5.41, 5.74) is 0.446. The van der Waals surface area contributed by atoms with Gasteiger partial charge < -0.3 is 10.1 Å².